The van der Waals surface area contributed by atoms with Crippen molar-refractivity contribution >= 4 is 24.1 Å². The first-order valence-electron chi connectivity index (χ1n) is 11.5. The molecule has 0 saturated heterocycles. The molecule has 0 radical (unpaired) electrons. The molecule has 188 valence electrons. The summed E-state index contributed by atoms with van der Waals surface area (Å²) in [6.45, 7) is 8.42. The van der Waals surface area contributed by atoms with E-state index >= 15 is 0 Å². The highest BCUT2D eigenvalue weighted by molar-refractivity contribution is 6.20. The van der Waals surface area contributed by atoms with Crippen LogP contribution in [0.25, 0.3) is 0 Å². The van der Waals surface area contributed by atoms with E-state index in [0.717, 1.165) is 12.8 Å². The minimum atomic E-state index is -0.874. The van der Waals surface area contributed by atoms with Crippen molar-refractivity contribution in [3.63, 3.8) is 0 Å². The van der Waals surface area contributed by atoms with E-state index in [2.05, 4.69) is 6.92 Å². The normalized spacial score (nSPS) is 13.0. The number of fused-ring (bicyclic) bond motifs is 1. The lowest BCUT2D eigenvalue weighted by Crippen LogP contribution is -2.38. The van der Waals surface area contributed by atoms with Gasteiger partial charge in [-0.1, -0.05) is 25.5 Å². The van der Waals surface area contributed by atoms with Crippen molar-refractivity contribution < 1.29 is 38.2 Å². The Morgan fingerprint density at radius 3 is 2.06 bits per heavy atom. The summed E-state index contributed by atoms with van der Waals surface area (Å²) in [6, 6.07) is 6.41. The maximum atomic E-state index is 12.3. The molecule has 0 aliphatic carbocycles. The Hall–Kier alpha value is -3.14. The number of hydrogen-bond donors (Lipinski definition) is 0. The molecule has 3 amide bonds. The number of unbranched alkanes of at least 4 members (excludes halogenated alkanes) is 2. The fourth-order valence-electron chi connectivity index (χ4n) is 3.11. The van der Waals surface area contributed by atoms with Gasteiger partial charge in [-0.15, -0.1) is 5.06 Å². The van der Waals surface area contributed by atoms with E-state index in [9.17, 15) is 19.2 Å². The molecule has 0 N–H and O–H groups in total. The lowest BCUT2D eigenvalue weighted by Gasteiger charge is -2.27. The largest absolute Gasteiger partial charge is 0.508 e. The second kappa shape index (κ2) is 12.9. The Balaban J connectivity index is 1.60. The minimum Gasteiger partial charge on any atom is -0.444 e. The number of nitrogens with zero attached hydrogens (tertiary/aromatic N) is 2. The van der Waals surface area contributed by atoms with E-state index in [4.69, 9.17) is 19.0 Å². The van der Waals surface area contributed by atoms with Gasteiger partial charge in [0.25, 0.3) is 11.8 Å². The van der Waals surface area contributed by atoms with Crippen LogP contribution in [0.1, 0.15) is 74.1 Å². The van der Waals surface area contributed by atoms with Crippen molar-refractivity contribution in [2.75, 3.05) is 32.9 Å². The van der Waals surface area contributed by atoms with Gasteiger partial charge in [-0.2, -0.15) is 0 Å². The molecule has 0 aromatic heterocycles. The smallest absolute Gasteiger partial charge is 0.444 e. The molecule has 0 spiro atoms. The Morgan fingerprint density at radius 1 is 0.882 bits per heavy atom. The van der Waals surface area contributed by atoms with Crippen molar-refractivity contribution in [3.05, 3.63) is 35.4 Å². The van der Waals surface area contributed by atoms with Crippen molar-refractivity contribution in [2.24, 2.45) is 0 Å². The molecule has 1 aromatic rings. The zero-order valence-corrected chi connectivity index (χ0v) is 20.3. The number of imide groups is 1. The number of benzene rings is 1. The van der Waals surface area contributed by atoms with Gasteiger partial charge in [-0.3, -0.25) is 14.4 Å². The van der Waals surface area contributed by atoms with Gasteiger partial charge in [0.1, 0.15) is 18.8 Å². The Labute approximate surface area is 200 Å². The molecule has 34 heavy (non-hydrogen) atoms. The van der Waals surface area contributed by atoms with E-state index < -0.39 is 23.6 Å². The van der Waals surface area contributed by atoms with E-state index in [1.807, 2.05) is 20.8 Å². The minimum absolute atomic E-state index is 0.133. The zero-order valence-electron chi connectivity index (χ0n) is 20.3. The number of carbonyl (C=O) groups excluding carboxylic acids is 4. The first kappa shape index (κ1) is 27.1. The van der Waals surface area contributed by atoms with E-state index in [1.165, 1.54) is 0 Å². The fraction of sp³-hybridized carbons (Fsp3) is 0.583. The summed E-state index contributed by atoms with van der Waals surface area (Å²) in [4.78, 5) is 55.2. The van der Waals surface area contributed by atoms with Crippen molar-refractivity contribution in [1.82, 2.24) is 9.96 Å². The summed E-state index contributed by atoms with van der Waals surface area (Å²) in [5.74, 6) is -1.11. The highest BCUT2D eigenvalue weighted by atomic mass is 16.7. The highest BCUT2D eigenvalue weighted by Gasteiger charge is 2.36. The average molecular weight is 479 g/mol. The zero-order chi connectivity index (χ0) is 25.1. The van der Waals surface area contributed by atoms with Crippen molar-refractivity contribution in [1.29, 1.82) is 0 Å². The summed E-state index contributed by atoms with van der Waals surface area (Å²) < 4.78 is 15.4. The standard InChI is InChI=1S/C24H34N2O8/c1-5-6-13-25(22(29)34-24(2,3)4)14-9-10-15-31-23(30)32-16-17-33-26-20(27)18-11-7-8-12-19(18)21(26)28/h7-8,11-12H,5-6,9-10,13-17H2,1-4H3. The topological polar surface area (TPSA) is 112 Å². The molecule has 10 heteroatoms. The SMILES string of the molecule is CCCCN(CCCCOC(=O)OCCON1C(=O)c2ccccc2C1=O)C(=O)OC(C)(C)C. The molecule has 0 atom stereocenters. The van der Waals surface area contributed by atoms with Crippen molar-refractivity contribution in [2.45, 2.75) is 59.0 Å². The van der Waals surface area contributed by atoms with Gasteiger partial charge < -0.3 is 19.1 Å². The van der Waals surface area contributed by atoms with Gasteiger partial charge in [-0.25, -0.2) is 9.59 Å². The molecule has 1 heterocycles. The second-order valence-corrected chi connectivity index (χ2v) is 8.76. The fourth-order valence-corrected chi connectivity index (χ4v) is 3.11. The van der Waals surface area contributed by atoms with Crippen LogP contribution < -0.4 is 0 Å². The van der Waals surface area contributed by atoms with Crippen LogP contribution in [-0.4, -0.2) is 72.5 Å². The van der Waals surface area contributed by atoms with Crippen LogP contribution in [0, 0.1) is 0 Å². The summed E-state index contributed by atoms with van der Waals surface area (Å²) in [7, 11) is 0. The Kier molecular flexibility index (Phi) is 10.3. The predicted molar refractivity (Wildman–Crippen MR) is 122 cm³/mol. The van der Waals surface area contributed by atoms with Crippen LogP contribution in [-0.2, 0) is 19.0 Å². The third-order valence-corrected chi connectivity index (χ3v) is 4.76. The van der Waals surface area contributed by atoms with Gasteiger partial charge in [-0.05, 0) is 52.2 Å². The molecular weight excluding hydrogens is 444 g/mol. The number of ether oxygens (including phenoxy) is 3. The number of hydrogen-bond acceptors (Lipinski definition) is 8. The molecule has 10 nitrogen and oxygen atoms in total. The van der Waals surface area contributed by atoms with Crippen LogP contribution in [0.4, 0.5) is 9.59 Å². The number of hydroxylamine groups is 2. The predicted octanol–water partition coefficient (Wildman–Crippen LogP) is 4.18. The van der Waals surface area contributed by atoms with Crippen LogP contribution in [0.3, 0.4) is 0 Å². The van der Waals surface area contributed by atoms with Crippen LogP contribution in [0.2, 0.25) is 0 Å². The third-order valence-electron chi connectivity index (χ3n) is 4.76. The second-order valence-electron chi connectivity index (χ2n) is 8.76. The van der Waals surface area contributed by atoms with E-state index in [1.54, 1.807) is 29.2 Å². The summed E-state index contributed by atoms with van der Waals surface area (Å²) in [5.41, 5.74) is -0.0159. The number of carbonyl (C=O) groups is 4. The van der Waals surface area contributed by atoms with E-state index in [-0.39, 0.29) is 37.0 Å². The molecule has 0 saturated carbocycles. The van der Waals surface area contributed by atoms with Crippen LogP contribution >= 0.6 is 0 Å². The lowest BCUT2D eigenvalue weighted by molar-refractivity contribution is -0.103. The van der Waals surface area contributed by atoms with Crippen LogP contribution in [0.15, 0.2) is 24.3 Å². The first-order chi connectivity index (χ1) is 16.1. The first-order valence-corrected chi connectivity index (χ1v) is 11.5. The van der Waals surface area contributed by atoms with Gasteiger partial charge in [0, 0.05) is 13.1 Å². The molecule has 1 aromatic carbocycles. The van der Waals surface area contributed by atoms with Gasteiger partial charge in [0.05, 0.1) is 17.7 Å². The lowest BCUT2D eigenvalue weighted by atomic mass is 10.1. The molecule has 2 rings (SSSR count). The molecule has 1 aliphatic heterocycles. The summed E-state index contributed by atoms with van der Waals surface area (Å²) >= 11 is 0. The number of amides is 3. The number of rotatable bonds is 12. The molecular formula is C24H34N2O8. The molecule has 0 unspecified atom stereocenters. The van der Waals surface area contributed by atoms with E-state index in [0.29, 0.717) is 31.0 Å². The van der Waals surface area contributed by atoms with Crippen LogP contribution in [0.5, 0.6) is 0 Å². The van der Waals surface area contributed by atoms with Gasteiger partial charge >= 0.3 is 12.2 Å². The molecule has 0 fully saturated rings. The molecule has 0 bridgehead atoms. The maximum Gasteiger partial charge on any atom is 0.508 e. The average Bonchev–Trinajstić information content (AvgIpc) is 3.02. The van der Waals surface area contributed by atoms with Gasteiger partial charge in [0.2, 0.25) is 0 Å². The summed E-state index contributed by atoms with van der Waals surface area (Å²) in [6.07, 6.45) is 1.81. The van der Waals surface area contributed by atoms with Crippen molar-refractivity contribution in [3.8, 4) is 0 Å². The quantitative estimate of drug-likeness (QED) is 0.250. The Bertz CT molecular complexity index is 830. The van der Waals surface area contributed by atoms with Gasteiger partial charge in [0.15, 0.2) is 0 Å². The Morgan fingerprint density at radius 2 is 1.47 bits per heavy atom. The maximum absolute atomic E-state index is 12.3. The highest BCUT2D eigenvalue weighted by Crippen LogP contribution is 2.22. The molecule has 1 aliphatic rings. The third kappa shape index (κ3) is 8.33. The monoisotopic (exact) mass is 478 g/mol. The summed E-state index contributed by atoms with van der Waals surface area (Å²) in [5, 5.41) is 0.661.